The predicted molar refractivity (Wildman–Crippen MR) is 74.6 cm³/mol. The van der Waals surface area contributed by atoms with Gasteiger partial charge >= 0.3 is 0 Å². The molecule has 0 N–H and O–H groups in total. The Hall–Kier alpha value is -1.19. The van der Waals surface area contributed by atoms with Crippen molar-refractivity contribution in [1.82, 2.24) is 0 Å². The van der Waals surface area contributed by atoms with Crippen molar-refractivity contribution in [3.63, 3.8) is 0 Å². The molecule has 0 aliphatic rings. The molecule has 0 radical (unpaired) electrons. The zero-order chi connectivity index (χ0) is 13.3. The lowest BCUT2D eigenvalue weighted by Crippen LogP contribution is -1.93. The lowest BCUT2D eigenvalue weighted by molar-refractivity contribution is 0.101. The number of rotatable bonds is 2. The molecule has 92 valence electrons. The van der Waals surface area contributed by atoms with E-state index < -0.39 is 0 Å². The number of carbonyl (C=O) groups is 1. The minimum atomic E-state index is -0.359. The van der Waals surface area contributed by atoms with Crippen molar-refractivity contribution in [2.24, 2.45) is 0 Å². The molecule has 1 nitrogen and oxygen atoms in total. The highest BCUT2D eigenvalue weighted by atomic mass is 79.9. The van der Waals surface area contributed by atoms with Crippen LogP contribution in [-0.2, 0) is 0 Å². The molecule has 0 atom stereocenters. The van der Waals surface area contributed by atoms with E-state index in [4.69, 9.17) is 11.6 Å². The first kappa shape index (κ1) is 13.2. The molecule has 0 spiro atoms. The van der Waals surface area contributed by atoms with Crippen molar-refractivity contribution in [2.75, 3.05) is 0 Å². The summed E-state index contributed by atoms with van der Waals surface area (Å²) < 4.78 is 14.5. The Labute approximate surface area is 118 Å². The summed E-state index contributed by atoms with van der Waals surface area (Å²) in [5.41, 5.74) is 1.51. The first-order valence-corrected chi connectivity index (χ1v) is 6.42. The highest BCUT2D eigenvalue weighted by molar-refractivity contribution is 9.10. The maximum atomic E-state index is 13.8. The third kappa shape index (κ3) is 2.62. The van der Waals surface area contributed by atoms with Gasteiger partial charge in [-0.2, -0.15) is 0 Å². The van der Waals surface area contributed by atoms with Gasteiger partial charge in [-0.1, -0.05) is 45.7 Å². The van der Waals surface area contributed by atoms with Crippen molar-refractivity contribution in [1.29, 1.82) is 0 Å². The topological polar surface area (TPSA) is 17.1 Å². The zero-order valence-electron chi connectivity index (χ0n) is 9.51. The first-order chi connectivity index (χ1) is 8.49. The average molecular weight is 328 g/mol. The van der Waals surface area contributed by atoms with Crippen LogP contribution < -0.4 is 0 Å². The molecular formula is C14H9BrClFO. The van der Waals surface area contributed by atoms with Gasteiger partial charge in [-0.15, -0.1) is 0 Å². The van der Waals surface area contributed by atoms with Gasteiger partial charge < -0.3 is 0 Å². The van der Waals surface area contributed by atoms with Crippen LogP contribution in [0.25, 0.3) is 11.1 Å². The smallest absolute Gasteiger partial charge is 0.159 e. The highest BCUT2D eigenvalue weighted by Crippen LogP contribution is 2.32. The number of benzene rings is 2. The van der Waals surface area contributed by atoms with E-state index in [2.05, 4.69) is 15.9 Å². The molecule has 0 heterocycles. The molecule has 18 heavy (non-hydrogen) atoms. The predicted octanol–water partition coefficient (Wildman–Crippen LogP) is 5.11. The monoisotopic (exact) mass is 326 g/mol. The van der Waals surface area contributed by atoms with Gasteiger partial charge in [0.25, 0.3) is 0 Å². The molecule has 0 amide bonds. The molecule has 0 saturated heterocycles. The Kier molecular flexibility index (Phi) is 3.83. The molecule has 0 aliphatic carbocycles. The Morgan fingerprint density at radius 2 is 1.83 bits per heavy atom. The van der Waals surface area contributed by atoms with Gasteiger partial charge in [0.05, 0.1) is 0 Å². The quantitative estimate of drug-likeness (QED) is 0.700. The molecule has 0 bridgehead atoms. The summed E-state index contributed by atoms with van der Waals surface area (Å²) in [7, 11) is 0. The maximum absolute atomic E-state index is 13.8. The van der Waals surface area contributed by atoms with Gasteiger partial charge in [0.15, 0.2) is 5.78 Å². The molecule has 0 fully saturated rings. The van der Waals surface area contributed by atoms with E-state index in [-0.39, 0.29) is 11.6 Å². The van der Waals surface area contributed by atoms with Gasteiger partial charge in [-0.25, -0.2) is 4.39 Å². The molecule has 2 aromatic rings. The lowest BCUT2D eigenvalue weighted by Gasteiger charge is -2.07. The van der Waals surface area contributed by atoms with Crippen LogP contribution in [0.15, 0.2) is 40.9 Å². The fourth-order valence-electron chi connectivity index (χ4n) is 1.66. The minimum absolute atomic E-state index is 0.0697. The van der Waals surface area contributed by atoms with Crippen molar-refractivity contribution in [3.05, 3.63) is 57.3 Å². The lowest BCUT2D eigenvalue weighted by atomic mass is 10.0. The molecule has 4 heteroatoms. The second-order valence-corrected chi connectivity index (χ2v) is 5.20. The number of Topliss-reactive ketones (excluding diaryl/α,β-unsaturated/α-hetero) is 1. The minimum Gasteiger partial charge on any atom is -0.295 e. The SMILES string of the molecule is CC(=O)c1ccc(-c2ccc(Br)cc2F)c(Cl)c1. The molecule has 2 rings (SSSR count). The van der Waals surface area contributed by atoms with Gasteiger partial charge in [0.2, 0.25) is 0 Å². The highest BCUT2D eigenvalue weighted by Gasteiger charge is 2.11. The van der Waals surface area contributed by atoms with E-state index in [1.807, 2.05) is 0 Å². The molecule has 0 unspecified atom stereocenters. The molecule has 2 aromatic carbocycles. The van der Waals surface area contributed by atoms with E-state index in [9.17, 15) is 9.18 Å². The number of halogens is 3. The maximum Gasteiger partial charge on any atom is 0.159 e. The Bertz CT molecular complexity index is 625. The van der Waals surface area contributed by atoms with E-state index in [0.717, 1.165) is 0 Å². The van der Waals surface area contributed by atoms with Gasteiger partial charge in [0.1, 0.15) is 5.82 Å². The summed E-state index contributed by atoms with van der Waals surface area (Å²) in [6.45, 7) is 1.46. The summed E-state index contributed by atoms with van der Waals surface area (Å²) in [4.78, 5) is 11.2. The van der Waals surface area contributed by atoms with E-state index in [1.165, 1.54) is 13.0 Å². The van der Waals surface area contributed by atoms with Crippen molar-refractivity contribution >= 4 is 33.3 Å². The molecule has 0 aliphatic heterocycles. The summed E-state index contributed by atoms with van der Waals surface area (Å²) in [6, 6.07) is 9.63. The van der Waals surface area contributed by atoms with Crippen LogP contribution in [0.2, 0.25) is 5.02 Å². The van der Waals surface area contributed by atoms with Crippen molar-refractivity contribution in [3.8, 4) is 11.1 Å². The van der Waals surface area contributed by atoms with Crippen LogP contribution in [0.4, 0.5) is 4.39 Å². The van der Waals surface area contributed by atoms with Crippen LogP contribution >= 0.6 is 27.5 Å². The second-order valence-electron chi connectivity index (χ2n) is 3.87. The summed E-state index contributed by atoms with van der Waals surface area (Å²) in [6.07, 6.45) is 0. The van der Waals surface area contributed by atoms with Crippen LogP contribution in [0.3, 0.4) is 0 Å². The molecule has 0 aromatic heterocycles. The largest absolute Gasteiger partial charge is 0.295 e. The third-order valence-electron chi connectivity index (χ3n) is 2.60. The number of hydrogen-bond acceptors (Lipinski definition) is 1. The van der Waals surface area contributed by atoms with Crippen LogP contribution in [0.1, 0.15) is 17.3 Å². The Balaban J connectivity index is 2.54. The standard InChI is InChI=1S/C14H9BrClFO/c1-8(18)9-2-4-11(13(16)6-9)12-5-3-10(15)7-14(12)17/h2-7H,1H3. The van der Waals surface area contributed by atoms with Crippen LogP contribution in [0, 0.1) is 5.82 Å². The summed E-state index contributed by atoms with van der Waals surface area (Å²) >= 11 is 9.29. The fourth-order valence-corrected chi connectivity index (χ4v) is 2.28. The number of ketones is 1. The van der Waals surface area contributed by atoms with Gasteiger partial charge in [-0.3, -0.25) is 4.79 Å². The van der Waals surface area contributed by atoms with E-state index >= 15 is 0 Å². The average Bonchev–Trinajstić information content (AvgIpc) is 2.30. The summed E-state index contributed by atoms with van der Waals surface area (Å²) in [5, 5.41) is 0.365. The van der Waals surface area contributed by atoms with Gasteiger partial charge in [0, 0.05) is 26.2 Å². The van der Waals surface area contributed by atoms with E-state index in [1.54, 1.807) is 30.3 Å². The zero-order valence-corrected chi connectivity index (χ0v) is 11.8. The molecule has 0 saturated carbocycles. The van der Waals surface area contributed by atoms with Crippen molar-refractivity contribution in [2.45, 2.75) is 6.92 Å². The number of hydrogen-bond donors (Lipinski definition) is 0. The van der Waals surface area contributed by atoms with E-state index in [0.29, 0.717) is 26.2 Å². The number of carbonyl (C=O) groups excluding carboxylic acids is 1. The van der Waals surface area contributed by atoms with Crippen molar-refractivity contribution < 1.29 is 9.18 Å². The first-order valence-electron chi connectivity index (χ1n) is 5.25. The Morgan fingerprint density at radius 3 is 2.39 bits per heavy atom. The van der Waals surface area contributed by atoms with Crippen LogP contribution in [-0.4, -0.2) is 5.78 Å². The molecular weight excluding hydrogens is 319 g/mol. The third-order valence-corrected chi connectivity index (χ3v) is 3.40. The Morgan fingerprint density at radius 1 is 1.17 bits per heavy atom. The fraction of sp³-hybridized carbons (Fsp3) is 0.0714. The second kappa shape index (κ2) is 5.21. The van der Waals surface area contributed by atoms with Gasteiger partial charge in [-0.05, 0) is 25.1 Å². The normalized spacial score (nSPS) is 10.4. The van der Waals surface area contributed by atoms with Crippen LogP contribution in [0.5, 0.6) is 0 Å². The summed E-state index contributed by atoms with van der Waals surface area (Å²) in [5.74, 6) is -0.429.